The van der Waals surface area contributed by atoms with E-state index in [2.05, 4.69) is 20.9 Å². The van der Waals surface area contributed by atoms with Gasteiger partial charge in [0, 0.05) is 25.3 Å². The molecule has 1 amide bonds. The Morgan fingerprint density at radius 1 is 1.27 bits per heavy atom. The van der Waals surface area contributed by atoms with Crippen LogP contribution in [0.5, 0.6) is 5.75 Å². The van der Waals surface area contributed by atoms with E-state index in [9.17, 15) is 4.79 Å². The number of guanidine groups is 1. The molecule has 7 heteroatoms. The van der Waals surface area contributed by atoms with Gasteiger partial charge < -0.3 is 25.4 Å². The molecular weight excluding hydrogens is 332 g/mol. The van der Waals surface area contributed by atoms with E-state index in [1.54, 1.807) is 7.11 Å². The number of benzene rings is 1. The van der Waals surface area contributed by atoms with Gasteiger partial charge in [-0.2, -0.15) is 0 Å². The second kappa shape index (κ2) is 10.7. The molecule has 0 aromatic heterocycles. The first-order valence-corrected chi connectivity index (χ1v) is 9.15. The fourth-order valence-electron chi connectivity index (χ4n) is 2.34. The Balaban J connectivity index is 1.94. The van der Waals surface area contributed by atoms with Gasteiger partial charge in [0.15, 0.2) is 5.96 Å². The van der Waals surface area contributed by atoms with Crippen LogP contribution in [0.25, 0.3) is 0 Å². The van der Waals surface area contributed by atoms with E-state index in [4.69, 9.17) is 9.47 Å². The van der Waals surface area contributed by atoms with E-state index in [0.29, 0.717) is 31.8 Å². The summed E-state index contributed by atoms with van der Waals surface area (Å²) < 4.78 is 10.8. The predicted octanol–water partition coefficient (Wildman–Crippen LogP) is 1.35. The highest BCUT2D eigenvalue weighted by Gasteiger charge is 2.22. The zero-order valence-electron chi connectivity index (χ0n) is 15.9. The third-order valence-corrected chi connectivity index (χ3v) is 3.88. The molecule has 1 aliphatic carbocycles. The van der Waals surface area contributed by atoms with Gasteiger partial charge in [-0.15, -0.1) is 0 Å². The fraction of sp³-hybridized carbons (Fsp3) is 0.579. The summed E-state index contributed by atoms with van der Waals surface area (Å²) in [7, 11) is 1.65. The van der Waals surface area contributed by atoms with Crippen molar-refractivity contribution in [3.63, 3.8) is 0 Å². The SMILES string of the molecule is CCNC(=NCc1ccc(C)cc1OCCOC)NCC(=O)NC1CC1. The Labute approximate surface area is 155 Å². The van der Waals surface area contributed by atoms with E-state index in [0.717, 1.165) is 36.3 Å². The molecule has 1 fully saturated rings. The standard InChI is InChI=1S/C19H30N4O3/c1-4-20-19(22-13-18(24)23-16-7-8-16)21-12-15-6-5-14(2)11-17(15)26-10-9-25-3/h5-6,11,16H,4,7-10,12-13H2,1-3H3,(H,23,24)(H2,20,21,22). The van der Waals surface area contributed by atoms with Crippen LogP contribution >= 0.6 is 0 Å². The van der Waals surface area contributed by atoms with Crippen LogP contribution in [0.1, 0.15) is 30.9 Å². The average molecular weight is 362 g/mol. The second-order valence-corrected chi connectivity index (χ2v) is 6.34. The maximum absolute atomic E-state index is 11.8. The lowest BCUT2D eigenvalue weighted by atomic mass is 10.1. The largest absolute Gasteiger partial charge is 0.491 e. The Bertz CT molecular complexity index is 615. The summed E-state index contributed by atoms with van der Waals surface area (Å²) in [5.74, 6) is 1.42. The number of hydrogen-bond acceptors (Lipinski definition) is 4. The minimum absolute atomic E-state index is 0.00275. The van der Waals surface area contributed by atoms with Crippen LogP contribution in [0.15, 0.2) is 23.2 Å². The topological polar surface area (TPSA) is 84.0 Å². The molecule has 26 heavy (non-hydrogen) atoms. The molecule has 0 aliphatic heterocycles. The molecular formula is C19H30N4O3. The molecule has 144 valence electrons. The zero-order chi connectivity index (χ0) is 18.8. The van der Waals surface area contributed by atoms with Gasteiger partial charge >= 0.3 is 0 Å². The monoisotopic (exact) mass is 362 g/mol. The maximum Gasteiger partial charge on any atom is 0.239 e. The number of hydrogen-bond donors (Lipinski definition) is 3. The van der Waals surface area contributed by atoms with Crippen LogP contribution in [0.4, 0.5) is 0 Å². The van der Waals surface area contributed by atoms with Gasteiger partial charge in [-0.3, -0.25) is 4.79 Å². The molecule has 0 bridgehead atoms. The molecule has 0 atom stereocenters. The third-order valence-electron chi connectivity index (χ3n) is 3.88. The Morgan fingerprint density at radius 2 is 2.08 bits per heavy atom. The summed E-state index contributed by atoms with van der Waals surface area (Å²) in [4.78, 5) is 16.4. The highest BCUT2D eigenvalue weighted by molar-refractivity contribution is 5.86. The quantitative estimate of drug-likeness (QED) is 0.332. The molecule has 0 spiro atoms. The zero-order valence-corrected chi connectivity index (χ0v) is 15.9. The van der Waals surface area contributed by atoms with Crippen LogP contribution < -0.4 is 20.7 Å². The molecule has 1 saturated carbocycles. The highest BCUT2D eigenvalue weighted by Crippen LogP contribution is 2.21. The normalized spacial score (nSPS) is 14.0. The number of methoxy groups -OCH3 is 1. The van der Waals surface area contributed by atoms with Crippen LogP contribution in [-0.4, -0.2) is 51.3 Å². The average Bonchev–Trinajstić information content (AvgIpc) is 3.43. The number of ether oxygens (including phenoxy) is 2. The molecule has 1 aliphatic rings. The van der Waals surface area contributed by atoms with Gasteiger partial charge in [-0.05, 0) is 38.3 Å². The summed E-state index contributed by atoms with van der Waals surface area (Å²) in [5.41, 5.74) is 2.12. The lowest BCUT2D eigenvalue weighted by Crippen LogP contribution is -2.43. The van der Waals surface area contributed by atoms with Crippen molar-refractivity contribution in [3.05, 3.63) is 29.3 Å². The smallest absolute Gasteiger partial charge is 0.239 e. The summed E-state index contributed by atoms with van der Waals surface area (Å²) in [5, 5.41) is 9.18. The lowest BCUT2D eigenvalue weighted by Gasteiger charge is -2.13. The van der Waals surface area contributed by atoms with Gasteiger partial charge in [0.1, 0.15) is 12.4 Å². The molecule has 2 rings (SSSR count). The third kappa shape index (κ3) is 7.31. The van der Waals surface area contributed by atoms with Crippen LogP contribution in [-0.2, 0) is 16.1 Å². The number of aliphatic imine (C=N–C) groups is 1. The number of amides is 1. The van der Waals surface area contributed by atoms with Crippen LogP contribution in [0, 0.1) is 6.92 Å². The van der Waals surface area contributed by atoms with E-state index in [-0.39, 0.29) is 12.5 Å². The first-order chi connectivity index (χ1) is 12.6. The van der Waals surface area contributed by atoms with Crippen molar-refractivity contribution in [1.29, 1.82) is 0 Å². The first kappa shape index (κ1) is 20.0. The number of carbonyl (C=O) groups excluding carboxylic acids is 1. The number of nitrogens with zero attached hydrogens (tertiary/aromatic N) is 1. The first-order valence-electron chi connectivity index (χ1n) is 9.15. The Kier molecular flexibility index (Phi) is 8.21. The summed E-state index contributed by atoms with van der Waals surface area (Å²) >= 11 is 0. The van der Waals surface area contributed by atoms with E-state index >= 15 is 0 Å². The lowest BCUT2D eigenvalue weighted by molar-refractivity contribution is -0.120. The van der Waals surface area contributed by atoms with Crippen LogP contribution in [0.3, 0.4) is 0 Å². The molecule has 0 unspecified atom stereocenters. The Hall–Kier alpha value is -2.28. The van der Waals surface area contributed by atoms with Crippen molar-refractivity contribution in [2.45, 2.75) is 39.3 Å². The number of aryl methyl sites for hydroxylation is 1. The summed E-state index contributed by atoms with van der Waals surface area (Å²) in [6.07, 6.45) is 2.17. The number of nitrogens with one attached hydrogen (secondary N) is 3. The van der Waals surface area contributed by atoms with E-state index in [1.165, 1.54) is 0 Å². The summed E-state index contributed by atoms with van der Waals surface area (Å²) in [6, 6.07) is 6.43. The predicted molar refractivity (Wildman–Crippen MR) is 103 cm³/mol. The minimum atomic E-state index is -0.00275. The maximum atomic E-state index is 11.8. The van der Waals surface area contributed by atoms with E-state index in [1.807, 2.05) is 32.0 Å². The minimum Gasteiger partial charge on any atom is -0.491 e. The van der Waals surface area contributed by atoms with Crippen molar-refractivity contribution >= 4 is 11.9 Å². The number of rotatable bonds is 10. The van der Waals surface area contributed by atoms with Crippen molar-refractivity contribution < 1.29 is 14.3 Å². The number of carbonyl (C=O) groups is 1. The second-order valence-electron chi connectivity index (χ2n) is 6.34. The van der Waals surface area contributed by atoms with Crippen LogP contribution in [0.2, 0.25) is 0 Å². The van der Waals surface area contributed by atoms with Gasteiger partial charge in [0.25, 0.3) is 0 Å². The summed E-state index contributed by atoms with van der Waals surface area (Å²) in [6.45, 7) is 6.46. The van der Waals surface area contributed by atoms with Gasteiger partial charge in [0.2, 0.25) is 5.91 Å². The molecule has 1 aromatic rings. The molecule has 0 radical (unpaired) electrons. The van der Waals surface area contributed by atoms with Gasteiger partial charge in [-0.25, -0.2) is 4.99 Å². The molecule has 1 aromatic carbocycles. The van der Waals surface area contributed by atoms with Crippen molar-refractivity contribution in [3.8, 4) is 5.75 Å². The van der Waals surface area contributed by atoms with Crippen molar-refractivity contribution in [2.75, 3.05) is 33.4 Å². The molecule has 0 saturated heterocycles. The fourth-order valence-corrected chi connectivity index (χ4v) is 2.34. The van der Waals surface area contributed by atoms with Gasteiger partial charge in [0.05, 0.1) is 19.7 Å². The van der Waals surface area contributed by atoms with Gasteiger partial charge in [-0.1, -0.05) is 12.1 Å². The highest BCUT2D eigenvalue weighted by atomic mass is 16.5. The van der Waals surface area contributed by atoms with E-state index < -0.39 is 0 Å². The Morgan fingerprint density at radius 3 is 2.77 bits per heavy atom. The molecule has 0 heterocycles. The van der Waals surface area contributed by atoms with Crippen molar-refractivity contribution in [1.82, 2.24) is 16.0 Å². The molecule has 7 nitrogen and oxygen atoms in total. The van der Waals surface area contributed by atoms with Crippen molar-refractivity contribution in [2.24, 2.45) is 4.99 Å². The molecule has 3 N–H and O–H groups in total.